The first kappa shape index (κ1) is 17.9. The summed E-state index contributed by atoms with van der Waals surface area (Å²) in [4.78, 5) is 48.8. The SMILES string of the molecule is O=C(O)C1CC(=O)N(Cc2ccc(CN3CC(C(=O)O)CC3=O)cc2)C1. The number of aliphatic carboxylic acids is 2. The largest absolute Gasteiger partial charge is 0.481 e. The maximum atomic E-state index is 11.9. The lowest BCUT2D eigenvalue weighted by molar-refractivity contribution is -0.142. The highest BCUT2D eigenvalue weighted by molar-refractivity contribution is 5.86. The molecule has 0 radical (unpaired) electrons. The lowest BCUT2D eigenvalue weighted by atomic mass is 10.1. The summed E-state index contributed by atoms with van der Waals surface area (Å²) in [5, 5.41) is 18.0. The second-order valence-corrected chi connectivity index (χ2v) is 6.84. The predicted molar refractivity (Wildman–Crippen MR) is 88.8 cm³/mol. The Balaban J connectivity index is 1.57. The number of amides is 2. The summed E-state index contributed by atoms with van der Waals surface area (Å²) in [5.41, 5.74) is 1.76. The molecule has 0 bridgehead atoms. The lowest BCUT2D eigenvalue weighted by Crippen LogP contribution is -2.26. The lowest BCUT2D eigenvalue weighted by Gasteiger charge is -2.18. The van der Waals surface area contributed by atoms with Crippen molar-refractivity contribution in [2.45, 2.75) is 25.9 Å². The number of benzene rings is 1. The van der Waals surface area contributed by atoms with Gasteiger partial charge in [0.15, 0.2) is 0 Å². The Kier molecular flexibility index (Phi) is 4.92. The summed E-state index contributed by atoms with van der Waals surface area (Å²) in [6.45, 7) is 1.14. The van der Waals surface area contributed by atoms with Crippen molar-refractivity contribution in [3.63, 3.8) is 0 Å². The molecule has 1 aromatic carbocycles. The highest BCUT2D eigenvalue weighted by Gasteiger charge is 2.35. The molecule has 26 heavy (non-hydrogen) atoms. The number of likely N-dealkylation sites (tertiary alicyclic amines) is 2. The van der Waals surface area contributed by atoms with E-state index in [2.05, 4.69) is 0 Å². The molecule has 0 aliphatic carbocycles. The predicted octanol–water partition coefficient (Wildman–Crippen LogP) is 0.553. The van der Waals surface area contributed by atoms with Crippen molar-refractivity contribution < 1.29 is 29.4 Å². The van der Waals surface area contributed by atoms with Crippen molar-refractivity contribution in [2.24, 2.45) is 11.8 Å². The van der Waals surface area contributed by atoms with E-state index in [0.29, 0.717) is 13.1 Å². The van der Waals surface area contributed by atoms with E-state index in [1.165, 1.54) is 9.80 Å². The number of hydrogen-bond donors (Lipinski definition) is 2. The van der Waals surface area contributed by atoms with Crippen LogP contribution in [0.2, 0.25) is 0 Å². The minimum atomic E-state index is -0.953. The fourth-order valence-corrected chi connectivity index (χ4v) is 3.37. The van der Waals surface area contributed by atoms with Crippen molar-refractivity contribution >= 4 is 23.8 Å². The summed E-state index contributed by atoms with van der Waals surface area (Å²) < 4.78 is 0. The normalized spacial score (nSPS) is 22.9. The molecule has 2 fully saturated rings. The molecule has 2 saturated heterocycles. The molecule has 2 aliphatic rings. The van der Waals surface area contributed by atoms with Crippen molar-refractivity contribution in [2.75, 3.05) is 13.1 Å². The molecule has 3 rings (SSSR count). The van der Waals surface area contributed by atoms with Gasteiger partial charge < -0.3 is 20.0 Å². The summed E-state index contributed by atoms with van der Waals surface area (Å²) >= 11 is 0. The minimum absolute atomic E-state index is 0.0369. The Morgan fingerprint density at radius 3 is 1.42 bits per heavy atom. The zero-order valence-corrected chi connectivity index (χ0v) is 14.1. The summed E-state index contributed by atoms with van der Waals surface area (Å²) in [7, 11) is 0. The van der Waals surface area contributed by atoms with Gasteiger partial charge in [-0.1, -0.05) is 24.3 Å². The standard InChI is InChI=1S/C18H20N2O6/c21-15-5-13(17(23)24)9-19(15)7-11-1-2-12(4-3-11)8-20-10-14(18(25)26)6-16(20)22/h1-4,13-14H,5-10H2,(H,23,24)(H,25,26). The first-order valence-corrected chi connectivity index (χ1v) is 8.42. The maximum absolute atomic E-state index is 11.9. The Morgan fingerprint density at radius 1 is 0.808 bits per heavy atom. The number of hydrogen-bond acceptors (Lipinski definition) is 4. The molecule has 0 aromatic heterocycles. The van der Waals surface area contributed by atoms with Crippen molar-refractivity contribution in [1.82, 2.24) is 9.80 Å². The van der Waals surface area contributed by atoms with Crippen LogP contribution in [0, 0.1) is 11.8 Å². The van der Waals surface area contributed by atoms with E-state index in [-0.39, 0.29) is 37.7 Å². The highest BCUT2D eigenvalue weighted by atomic mass is 16.4. The van der Waals surface area contributed by atoms with Gasteiger partial charge in [-0.3, -0.25) is 19.2 Å². The molecule has 2 unspecified atom stereocenters. The second-order valence-electron chi connectivity index (χ2n) is 6.84. The van der Waals surface area contributed by atoms with Gasteiger partial charge in [0.2, 0.25) is 11.8 Å². The van der Waals surface area contributed by atoms with Crippen LogP contribution in [-0.4, -0.2) is 56.9 Å². The summed E-state index contributed by atoms with van der Waals surface area (Å²) in [5.74, 6) is -3.53. The monoisotopic (exact) mass is 360 g/mol. The van der Waals surface area contributed by atoms with Gasteiger partial charge in [-0.2, -0.15) is 0 Å². The van der Waals surface area contributed by atoms with Crippen LogP contribution < -0.4 is 0 Å². The zero-order chi connectivity index (χ0) is 18.8. The van der Waals surface area contributed by atoms with Crippen LogP contribution in [-0.2, 0) is 32.3 Å². The molecule has 138 valence electrons. The van der Waals surface area contributed by atoms with Gasteiger partial charge in [0, 0.05) is 39.0 Å². The first-order valence-electron chi connectivity index (χ1n) is 8.42. The van der Waals surface area contributed by atoms with Crippen LogP contribution in [0.4, 0.5) is 0 Å². The Morgan fingerprint density at radius 2 is 1.15 bits per heavy atom. The Hall–Kier alpha value is -2.90. The molecule has 1 aromatic rings. The van der Waals surface area contributed by atoms with Crippen LogP contribution in [0.1, 0.15) is 24.0 Å². The van der Waals surface area contributed by atoms with Crippen LogP contribution in [0.3, 0.4) is 0 Å². The fraction of sp³-hybridized carbons (Fsp3) is 0.444. The number of rotatable bonds is 6. The molecule has 2 amide bonds. The van der Waals surface area contributed by atoms with Gasteiger partial charge in [-0.25, -0.2) is 0 Å². The fourth-order valence-electron chi connectivity index (χ4n) is 3.37. The van der Waals surface area contributed by atoms with Crippen molar-refractivity contribution in [3.8, 4) is 0 Å². The Labute approximate surface area is 150 Å². The number of carboxylic acids is 2. The second kappa shape index (κ2) is 7.15. The van der Waals surface area contributed by atoms with E-state index in [4.69, 9.17) is 10.2 Å². The highest BCUT2D eigenvalue weighted by Crippen LogP contribution is 2.22. The average Bonchev–Trinajstić information content (AvgIpc) is 3.13. The number of carboxylic acid groups (broad SMARTS) is 2. The van der Waals surface area contributed by atoms with Gasteiger partial charge in [-0.15, -0.1) is 0 Å². The zero-order valence-electron chi connectivity index (χ0n) is 14.1. The third-order valence-electron chi connectivity index (χ3n) is 4.90. The molecule has 2 aliphatic heterocycles. The smallest absolute Gasteiger partial charge is 0.308 e. The number of carbonyl (C=O) groups is 4. The number of nitrogens with zero attached hydrogens (tertiary/aromatic N) is 2. The molecule has 2 atom stereocenters. The topological polar surface area (TPSA) is 115 Å². The van der Waals surface area contributed by atoms with E-state index >= 15 is 0 Å². The van der Waals surface area contributed by atoms with Gasteiger partial charge in [0.25, 0.3) is 0 Å². The van der Waals surface area contributed by atoms with Crippen molar-refractivity contribution in [3.05, 3.63) is 35.4 Å². The van der Waals surface area contributed by atoms with E-state index in [1.807, 2.05) is 24.3 Å². The first-order chi connectivity index (χ1) is 12.3. The van der Waals surface area contributed by atoms with E-state index in [9.17, 15) is 19.2 Å². The molecule has 8 heteroatoms. The third kappa shape index (κ3) is 3.84. The van der Waals surface area contributed by atoms with Crippen molar-refractivity contribution in [1.29, 1.82) is 0 Å². The molecule has 2 N–H and O–H groups in total. The molecule has 8 nitrogen and oxygen atoms in total. The molecular formula is C18H20N2O6. The van der Waals surface area contributed by atoms with Gasteiger partial charge >= 0.3 is 11.9 Å². The molecule has 0 saturated carbocycles. The van der Waals surface area contributed by atoms with Crippen LogP contribution in [0.5, 0.6) is 0 Å². The molecular weight excluding hydrogens is 340 g/mol. The number of carbonyl (C=O) groups excluding carboxylic acids is 2. The van der Waals surface area contributed by atoms with Crippen LogP contribution in [0.15, 0.2) is 24.3 Å². The summed E-state index contributed by atoms with van der Waals surface area (Å²) in [6, 6.07) is 7.36. The third-order valence-corrected chi connectivity index (χ3v) is 4.90. The quantitative estimate of drug-likeness (QED) is 0.766. The van der Waals surface area contributed by atoms with Gasteiger partial charge in [0.1, 0.15) is 0 Å². The van der Waals surface area contributed by atoms with Gasteiger partial charge in [-0.05, 0) is 11.1 Å². The van der Waals surface area contributed by atoms with Crippen LogP contribution >= 0.6 is 0 Å². The average molecular weight is 360 g/mol. The molecule has 2 heterocycles. The van der Waals surface area contributed by atoms with E-state index in [0.717, 1.165) is 11.1 Å². The maximum Gasteiger partial charge on any atom is 0.308 e. The van der Waals surface area contributed by atoms with Gasteiger partial charge in [0.05, 0.1) is 11.8 Å². The van der Waals surface area contributed by atoms with Crippen LogP contribution in [0.25, 0.3) is 0 Å². The molecule has 0 spiro atoms. The summed E-state index contributed by atoms with van der Waals surface area (Å²) in [6.07, 6.45) is 0.0739. The van der Waals surface area contributed by atoms with E-state index < -0.39 is 23.8 Å². The van der Waals surface area contributed by atoms with E-state index in [1.54, 1.807) is 0 Å². The Bertz CT molecular complexity index is 682. The minimum Gasteiger partial charge on any atom is -0.481 e.